The topological polar surface area (TPSA) is 122 Å². The normalized spacial score (nSPS) is 26.2. The average molecular weight is 438 g/mol. The van der Waals surface area contributed by atoms with Gasteiger partial charge in [0.15, 0.2) is 6.23 Å². The van der Waals surface area contributed by atoms with Gasteiger partial charge in [-0.3, -0.25) is 4.79 Å². The molecule has 3 aromatic rings. The van der Waals surface area contributed by atoms with Crippen LogP contribution in [0.1, 0.15) is 32.9 Å². The van der Waals surface area contributed by atoms with Gasteiger partial charge in [-0.2, -0.15) is 0 Å². The highest BCUT2D eigenvalue weighted by molar-refractivity contribution is 6.02. The maximum Gasteiger partial charge on any atom is 0.242 e. The molecule has 168 valence electrons. The number of fused-ring (bicyclic) bond motifs is 1. The second kappa shape index (κ2) is 8.16. The maximum absolute atomic E-state index is 12.5. The van der Waals surface area contributed by atoms with Crippen LogP contribution in [0.3, 0.4) is 0 Å². The van der Waals surface area contributed by atoms with E-state index < -0.39 is 30.6 Å². The zero-order chi connectivity index (χ0) is 22.4. The van der Waals surface area contributed by atoms with Gasteiger partial charge in [-0.1, -0.05) is 30.3 Å². The van der Waals surface area contributed by atoms with Crippen molar-refractivity contribution in [2.45, 2.75) is 63.3 Å². The minimum Gasteiger partial charge on any atom is -0.388 e. The Balaban J connectivity index is 1.59. The van der Waals surface area contributed by atoms with Crippen molar-refractivity contribution in [3.63, 3.8) is 0 Å². The summed E-state index contributed by atoms with van der Waals surface area (Å²) in [5.41, 5.74) is 2.31. The fourth-order valence-corrected chi connectivity index (χ4v) is 4.11. The van der Waals surface area contributed by atoms with Crippen LogP contribution >= 0.6 is 0 Å². The second-order valence-corrected chi connectivity index (χ2v) is 8.60. The lowest BCUT2D eigenvalue weighted by Crippen LogP contribution is -2.38. The van der Waals surface area contributed by atoms with Crippen LogP contribution in [0.15, 0.2) is 42.9 Å². The summed E-state index contributed by atoms with van der Waals surface area (Å²) in [5.74, 6) is 0.443. The van der Waals surface area contributed by atoms with Crippen LogP contribution in [0.4, 0.5) is 5.82 Å². The average Bonchev–Trinajstić information content (AvgIpc) is 3.48. The molecule has 1 saturated heterocycles. The number of aliphatic hydroxyl groups excluding tert-OH is 2. The van der Waals surface area contributed by atoms with Gasteiger partial charge in [0.1, 0.15) is 36.0 Å². The molecule has 4 N–H and O–H groups in total. The van der Waals surface area contributed by atoms with E-state index in [2.05, 4.69) is 20.6 Å². The van der Waals surface area contributed by atoms with Crippen molar-refractivity contribution in [3.05, 3.63) is 42.9 Å². The van der Waals surface area contributed by atoms with Crippen LogP contribution in [-0.2, 0) is 9.53 Å². The Labute approximate surface area is 185 Å². The fraction of sp³-hybridized carbons (Fsp3) is 0.435. The molecule has 3 heterocycles. The van der Waals surface area contributed by atoms with Gasteiger partial charge in [0, 0.05) is 17.8 Å². The number of rotatable bonds is 6. The van der Waals surface area contributed by atoms with Crippen molar-refractivity contribution in [1.29, 1.82) is 0 Å². The third-order valence-electron chi connectivity index (χ3n) is 6.12. The Kier molecular flexibility index (Phi) is 5.32. The summed E-state index contributed by atoms with van der Waals surface area (Å²) in [4.78, 5) is 21.4. The van der Waals surface area contributed by atoms with E-state index in [0.717, 1.165) is 29.4 Å². The highest BCUT2D eigenvalue weighted by Gasteiger charge is 2.42. The molecule has 32 heavy (non-hydrogen) atoms. The second-order valence-electron chi connectivity index (χ2n) is 8.60. The molecular formula is C23H27N5O4. The summed E-state index contributed by atoms with van der Waals surface area (Å²) >= 11 is 0. The van der Waals surface area contributed by atoms with E-state index >= 15 is 0 Å². The molecule has 5 atom stereocenters. The van der Waals surface area contributed by atoms with Crippen molar-refractivity contribution in [1.82, 2.24) is 19.9 Å². The number of aliphatic hydroxyl groups is 2. The largest absolute Gasteiger partial charge is 0.388 e. The van der Waals surface area contributed by atoms with E-state index in [9.17, 15) is 15.0 Å². The number of amides is 1. The van der Waals surface area contributed by atoms with Crippen LogP contribution in [0.25, 0.3) is 22.2 Å². The van der Waals surface area contributed by atoms with Crippen LogP contribution in [-0.4, -0.2) is 61.1 Å². The number of anilines is 1. The molecule has 2 fully saturated rings. The van der Waals surface area contributed by atoms with Crippen molar-refractivity contribution in [2.24, 2.45) is 0 Å². The summed E-state index contributed by atoms with van der Waals surface area (Å²) in [6, 6.07) is 9.54. The van der Waals surface area contributed by atoms with Crippen LogP contribution in [0, 0.1) is 0 Å². The van der Waals surface area contributed by atoms with Crippen molar-refractivity contribution in [3.8, 4) is 11.1 Å². The summed E-state index contributed by atoms with van der Waals surface area (Å²) in [7, 11) is 0. The van der Waals surface area contributed by atoms with Gasteiger partial charge < -0.3 is 30.2 Å². The number of hydrogen-bond donors (Lipinski definition) is 4. The van der Waals surface area contributed by atoms with Gasteiger partial charge in [0.05, 0.1) is 11.5 Å². The summed E-state index contributed by atoms with van der Waals surface area (Å²) in [6.45, 7) is 3.52. The van der Waals surface area contributed by atoms with E-state index in [4.69, 9.17) is 4.74 Å². The van der Waals surface area contributed by atoms with Crippen LogP contribution in [0.5, 0.6) is 0 Å². The third kappa shape index (κ3) is 3.72. The molecular weight excluding hydrogens is 410 g/mol. The van der Waals surface area contributed by atoms with E-state index in [0.29, 0.717) is 11.5 Å². The van der Waals surface area contributed by atoms with Gasteiger partial charge in [-0.15, -0.1) is 0 Å². The highest BCUT2D eigenvalue weighted by atomic mass is 16.6. The first-order valence-electron chi connectivity index (χ1n) is 10.9. The zero-order valence-electron chi connectivity index (χ0n) is 18.0. The minimum atomic E-state index is -1.10. The molecule has 0 bridgehead atoms. The molecule has 9 nitrogen and oxygen atoms in total. The lowest BCUT2D eigenvalue weighted by Gasteiger charge is -2.18. The predicted molar refractivity (Wildman–Crippen MR) is 119 cm³/mol. The SMILES string of the molecule is C[C@@H](Nc1ncnc2c1c(-c1ccccc1)cn2[C@@H]1O[C@H](C)[C@@H](O)[C@H]1O)C(=O)NC1CC1. The number of aromatic nitrogens is 3. The molecule has 0 radical (unpaired) electrons. The molecule has 1 aliphatic carbocycles. The Morgan fingerprint density at radius 2 is 1.94 bits per heavy atom. The number of hydrogen-bond acceptors (Lipinski definition) is 7. The Bertz CT molecular complexity index is 1130. The first kappa shape index (κ1) is 20.9. The predicted octanol–water partition coefficient (Wildman–Crippen LogP) is 1.82. The molecule has 5 rings (SSSR count). The summed E-state index contributed by atoms with van der Waals surface area (Å²) in [5, 5.41) is 27.8. The van der Waals surface area contributed by atoms with Gasteiger partial charge in [0.2, 0.25) is 5.91 Å². The van der Waals surface area contributed by atoms with E-state index in [1.165, 1.54) is 6.33 Å². The number of benzene rings is 1. The van der Waals surface area contributed by atoms with Crippen LogP contribution < -0.4 is 10.6 Å². The highest BCUT2D eigenvalue weighted by Crippen LogP contribution is 2.39. The Hall–Kier alpha value is -3.01. The first-order valence-corrected chi connectivity index (χ1v) is 10.9. The van der Waals surface area contributed by atoms with E-state index in [1.807, 2.05) is 36.5 Å². The van der Waals surface area contributed by atoms with E-state index in [1.54, 1.807) is 18.4 Å². The van der Waals surface area contributed by atoms with Crippen molar-refractivity contribution >= 4 is 22.8 Å². The third-order valence-corrected chi connectivity index (χ3v) is 6.12. The Morgan fingerprint density at radius 1 is 1.19 bits per heavy atom. The molecule has 1 amide bonds. The minimum absolute atomic E-state index is 0.0774. The number of carbonyl (C=O) groups is 1. The number of carbonyl (C=O) groups excluding carboxylic acids is 1. The maximum atomic E-state index is 12.5. The number of nitrogens with one attached hydrogen (secondary N) is 2. The summed E-state index contributed by atoms with van der Waals surface area (Å²) < 4.78 is 7.59. The standard InChI is InChI=1S/C23H27N5O4/c1-12(22(31)27-15-8-9-15)26-20-17-16(14-6-4-3-5-7-14)10-28(21(17)25-11-24-20)23-19(30)18(29)13(2)32-23/h3-7,10-13,15,18-19,23,29-30H,8-9H2,1-2H3,(H,27,31)(H,24,25,26)/t12-,13-,18-,19-,23-/m1/s1. The van der Waals surface area contributed by atoms with Crippen molar-refractivity contribution < 1.29 is 19.7 Å². The fourth-order valence-electron chi connectivity index (χ4n) is 4.11. The van der Waals surface area contributed by atoms with Gasteiger partial charge >= 0.3 is 0 Å². The number of ether oxygens (including phenoxy) is 1. The first-order chi connectivity index (χ1) is 15.4. The lowest BCUT2D eigenvalue weighted by atomic mass is 10.1. The Morgan fingerprint density at radius 3 is 2.59 bits per heavy atom. The van der Waals surface area contributed by atoms with Gasteiger partial charge in [-0.05, 0) is 32.3 Å². The lowest BCUT2D eigenvalue weighted by molar-refractivity contribution is -0.121. The molecule has 2 aliphatic rings. The molecule has 1 saturated carbocycles. The molecule has 1 aliphatic heterocycles. The van der Waals surface area contributed by atoms with Gasteiger partial charge in [0.25, 0.3) is 0 Å². The number of nitrogens with zero attached hydrogens (tertiary/aromatic N) is 3. The van der Waals surface area contributed by atoms with Crippen LogP contribution in [0.2, 0.25) is 0 Å². The molecule has 0 spiro atoms. The smallest absolute Gasteiger partial charge is 0.242 e. The molecule has 1 aromatic carbocycles. The monoisotopic (exact) mass is 437 g/mol. The van der Waals surface area contributed by atoms with Crippen molar-refractivity contribution in [2.75, 3.05) is 5.32 Å². The zero-order valence-corrected chi connectivity index (χ0v) is 18.0. The molecule has 9 heteroatoms. The molecule has 0 unspecified atom stereocenters. The quantitative estimate of drug-likeness (QED) is 0.464. The van der Waals surface area contributed by atoms with E-state index in [-0.39, 0.29) is 11.9 Å². The summed E-state index contributed by atoms with van der Waals surface area (Å²) in [6.07, 6.45) is 1.91. The van der Waals surface area contributed by atoms with Gasteiger partial charge in [-0.25, -0.2) is 9.97 Å². The molecule has 2 aromatic heterocycles.